The molecule has 26 heteroatoms. The van der Waals surface area contributed by atoms with Crippen LogP contribution in [0.3, 0.4) is 0 Å². The summed E-state index contributed by atoms with van der Waals surface area (Å²) in [6.07, 6.45) is 5.43. The number of Topliss-reactive ketones (excluding diaryl/α,β-unsaturated/α-hetero) is 1. The molecule has 2 aliphatic heterocycles. The minimum atomic E-state index is -4.80. The highest BCUT2D eigenvalue weighted by molar-refractivity contribution is 8.76. The number of methoxy groups -OCH3 is 1. The summed E-state index contributed by atoms with van der Waals surface area (Å²) in [6.45, 7) is 19.4. The van der Waals surface area contributed by atoms with Crippen molar-refractivity contribution < 1.29 is 65.3 Å². The van der Waals surface area contributed by atoms with Crippen LogP contribution in [0.1, 0.15) is 148 Å². The Hall–Kier alpha value is -8.07. The zero-order valence-electron chi connectivity index (χ0n) is 56.4. The molecule has 4 aromatic rings. The number of nitrogens with zero attached hydrogens (tertiary/aromatic N) is 6. The first-order chi connectivity index (χ1) is 46.2. The van der Waals surface area contributed by atoms with E-state index >= 15 is 0 Å². The number of ketones is 1. The van der Waals surface area contributed by atoms with Crippen LogP contribution in [0.4, 0.5) is 11.4 Å². The van der Waals surface area contributed by atoms with Gasteiger partial charge in [-0.05, 0) is 139 Å². The smallest absolute Gasteiger partial charge is 0.306 e. The quantitative estimate of drug-likeness (QED) is 0.00540. The number of carbonyl (C=O) groups is 6. The average Bonchev–Trinajstić information content (AvgIpc) is 0.746. The molecule has 520 valence electrons. The van der Waals surface area contributed by atoms with E-state index in [1.165, 1.54) is 19.2 Å². The predicted molar refractivity (Wildman–Crippen MR) is 374 cm³/mol. The van der Waals surface area contributed by atoms with Crippen LogP contribution in [-0.2, 0) is 38.8 Å². The first kappa shape index (κ1) is 76.9. The lowest BCUT2D eigenvalue weighted by atomic mass is 9.90. The van der Waals surface area contributed by atoms with Crippen LogP contribution in [0, 0.1) is 10.1 Å². The minimum Gasteiger partial charge on any atom is -0.748 e. The van der Waals surface area contributed by atoms with Gasteiger partial charge in [0.05, 0.1) is 52.2 Å². The predicted octanol–water partition coefficient (Wildman–Crippen LogP) is 11.0. The van der Waals surface area contributed by atoms with Gasteiger partial charge in [-0.15, -0.1) is 0 Å². The third kappa shape index (κ3) is 23.1. The van der Waals surface area contributed by atoms with Gasteiger partial charge >= 0.3 is 5.97 Å². The van der Waals surface area contributed by atoms with E-state index in [2.05, 4.69) is 89.2 Å². The molecule has 1 fully saturated rings. The molecule has 23 nitrogen and oxygen atoms in total. The van der Waals surface area contributed by atoms with Crippen molar-refractivity contribution >= 4 is 89.4 Å². The van der Waals surface area contributed by atoms with Gasteiger partial charge in [0.15, 0.2) is 17.3 Å². The normalized spacial score (nSPS) is 12.8. The van der Waals surface area contributed by atoms with E-state index in [1.54, 1.807) is 51.4 Å². The average molecular weight is 1380 g/mol. The molecule has 0 spiro atoms. The second-order valence-corrected chi connectivity index (χ2v) is 26.7. The standard InChI is InChI=1S/C50H68N6O9S.C20H24N2O6S2/c1-6-51-46(58)22-14-12-11-13-21-43(57)42(35-66(62,63)64)52-47(59)23-17-18-24-48(60)55-29-31-56(32-30-55)50(61)39-20-16-15-19-38(39)49-40-27-25-36(53(7-2)8-3)33-44(40)65-45-34-37(26-28-41(45)49)54(9-4)10-5;1-4-27-18-13-16(22(24)25)15(12-17(18)26-3)14(2)28-20(23)9-7-11-29-30-19-8-5-6-10-21-19/h15-16,19-20,25-28,33-34,42H,6-14,17-18,21-24,29-32,35H2,1-5H3,(H2-,51,52,58,59,62,63,64);5-6,8,10,12-14H,4,7,9,11H2,1-3H3. The van der Waals surface area contributed by atoms with Crippen molar-refractivity contribution in [2.75, 3.05) is 89.0 Å². The monoisotopic (exact) mass is 1380 g/mol. The second kappa shape index (κ2) is 39.2. The number of carbonyl (C=O) groups excluding carboxylic acids is 6. The van der Waals surface area contributed by atoms with Crippen LogP contribution in [0.2, 0.25) is 0 Å². The van der Waals surface area contributed by atoms with Gasteiger partial charge in [0.25, 0.3) is 11.6 Å². The van der Waals surface area contributed by atoms with E-state index in [1.807, 2.05) is 49.4 Å². The Morgan fingerprint density at radius 1 is 0.750 bits per heavy atom. The highest BCUT2D eigenvalue weighted by Crippen LogP contribution is 2.43. The zero-order valence-corrected chi connectivity index (χ0v) is 58.8. The number of benzene rings is 4. The number of amides is 4. The second-order valence-electron chi connectivity index (χ2n) is 22.8. The lowest BCUT2D eigenvalue weighted by molar-refractivity contribution is -0.386. The number of fused-ring (bicyclic) bond motifs is 2. The number of piperazine rings is 1. The lowest BCUT2D eigenvalue weighted by Gasteiger charge is -2.35. The Morgan fingerprint density at radius 2 is 1.43 bits per heavy atom. The van der Waals surface area contributed by atoms with E-state index in [4.69, 9.17) is 18.6 Å². The summed E-state index contributed by atoms with van der Waals surface area (Å²) in [6, 6.07) is 27.3. The number of rotatable bonds is 36. The number of unbranched alkanes of at least 4 members (excludes halogenated alkanes) is 4. The van der Waals surface area contributed by atoms with Crippen LogP contribution in [0.5, 0.6) is 11.5 Å². The van der Waals surface area contributed by atoms with Crippen molar-refractivity contribution in [1.82, 2.24) is 30.0 Å². The van der Waals surface area contributed by atoms with Gasteiger partial charge in [-0.3, -0.25) is 38.9 Å². The number of hydrogen-bond donors (Lipinski definition) is 2. The molecule has 2 atom stereocenters. The number of nitro benzene ring substituents is 1. The molecule has 0 radical (unpaired) electrons. The summed E-state index contributed by atoms with van der Waals surface area (Å²) in [5.74, 6) is -0.696. The Bertz CT molecular complexity index is 3740. The molecular formula is C70H92N8O15S3. The van der Waals surface area contributed by atoms with Crippen LogP contribution >= 0.6 is 21.6 Å². The molecule has 7 rings (SSSR count). The first-order valence-electron chi connectivity index (χ1n) is 33.1. The van der Waals surface area contributed by atoms with Crippen molar-refractivity contribution in [2.24, 2.45) is 0 Å². The minimum absolute atomic E-state index is 0.00425. The summed E-state index contributed by atoms with van der Waals surface area (Å²) >= 11 is 0. The number of nitrogens with one attached hydrogen (secondary N) is 2. The Balaban J connectivity index is 0.000000404. The van der Waals surface area contributed by atoms with Gasteiger partial charge in [0, 0.05) is 130 Å². The summed E-state index contributed by atoms with van der Waals surface area (Å²) in [5.41, 5.74) is 5.05. The fourth-order valence-electron chi connectivity index (χ4n) is 11.3. The molecule has 1 aromatic heterocycles. The van der Waals surface area contributed by atoms with E-state index in [9.17, 15) is 51.9 Å². The van der Waals surface area contributed by atoms with Crippen LogP contribution in [0.25, 0.3) is 33.4 Å². The van der Waals surface area contributed by atoms with Crippen molar-refractivity contribution in [3.63, 3.8) is 0 Å². The van der Waals surface area contributed by atoms with Crippen molar-refractivity contribution in [3.05, 3.63) is 124 Å². The molecule has 1 saturated heterocycles. The molecule has 96 heavy (non-hydrogen) atoms. The number of nitro groups is 1. The summed E-state index contributed by atoms with van der Waals surface area (Å²) < 4.78 is 59.7. The van der Waals surface area contributed by atoms with Gasteiger partial charge in [-0.1, -0.05) is 47.9 Å². The Labute approximate surface area is 571 Å². The molecule has 2 N–H and O–H groups in total. The van der Waals surface area contributed by atoms with Crippen LogP contribution < -0.4 is 34.9 Å². The largest absolute Gasteiger partial charge is 0.748 e. The molecule has 1 aliphatic carbocycles. The van der Waals surface area contributed by atoms with Crippen molar-refractivity contribution in [2.45, 2.75) is 143 Å². The van der Waals surface area contributed by atoms with Crippen molar-refractivity contribution in [3.8, 4) is 33.9 Å². The lowest BCUT2D eigenvalue weighted by Crippen LogP contribution is -2.50. The molecular weight excluding hydrogens is 1290 g/mol. The van der Waals surface area contributed by atoms with E-state index < -0.39 is 50.6 Å². The number of aromatic nitrogens is 1. The Morgan fingerprint density at radius 3 is 2.08 bits per heavy atom. The highest BCUT2D eigenvalue weighted by Gasteiger charge is 2.30. The molecule has 2 unspecified atom stereocenters. The maximum absolute atomic E-state index is 14.4. The van der Waals surface area contributed by atoms with Gasteiger partial charge in [0.2, 0.25) is 23.1 Å². The molecule has 0 saturated carbocycles. The van der Waals surface area contributed by atoms with Crippen LogP contribution in [0.15, 0.2) is 107 Å². The SMILES string of the molecule is CCNC(=O)CCCCCCC(=O)C(CS(=O)(=O)[O-])NC(=O)CCCCC(=O)N1CCN(C(=O)c2ccccc2-c2c3ccc(=[N+](CC)CC)cc-3oc3cc(N(CC)CC)ccc23)CC1.CCOc1cc([N+](=O)[O-])c(C(C)OC(=O)CCCSSc2ccccn2)cc1OC. The Kier molecular flexibility index (Phi) is 31.4. The van der Waals surface area contributed by atoms with Gasteiger partial charge in [-0.2, -0.15) is 0 Å². The van der Waals surface area contributed by atoms with Crippen molar-refractivity contribution in [1.29, 1.82) is 0 Å². The fourth-order valence-corrected chi connectivity index (χ4v) is 14.0. The number of ether oxygens (including phenoxy) is 3. The third-order valence-corrected chi connectivity index (χ3v) is 19.4. The topological polar surface area (TPSA) is 293 Å². The van der Waals surface area contributed by atoms with Gasteiger partial charge < -0.3 is 48.5 Å². The maximum Gasteiger partial charge on any atom is 0.306 e. The number of esters is 1. The van der Waals surface area contributed by atoms with E-state index in [0.717, 1.165) is 81.4 Å². The molecule has 3 heterocycles. The first-order valence-corrected chi connectivity index (χ1v) is 37.0. The molecule has 3 aliphatic rings. The van der Waals surface area contributed by atoms with Crippen LogP contribution in [-0.4, -0.2) is 158 Å². The van der Waals surface area contributed by atoms with Gasteiger partial charge in [0.1, 0.15) is 41.6 Å². The summed E-state index contributed by atoms with van der Waals surface area (Å²) in [4.78, 5) is 98.1. The summed E-state index contributed by atoms with van der Waals surface area (Å²) in [7, 11) is -0.188. The van der Waals surface area contributed by atoms with E-state index in [-0.39, 0.29) is 60.4 Å². The number of hydrogen-bond acceptors (Lipinski definition) is 19. The zero-order chi connectivity index (χ0) is 69.7. The summed E-state index contributed by atoms with van der Waals surface area (Å²) in [5, 5.41) is 19.5. The molecule has 4 amide bonds. The maximum atomic E-state index is 14.4. The highest BCUT2D eigenvalue weighted by atomic mass is 33.1. The number of pyridine rings is 1. The molecule has 0 bridgehead atoms. The van der Waals surface area contributed by atoms with Gasteiger partial charge in [-0.25, -0.2) is 18.0 Å². The molecule has 3 aromatic carbocycles. The van der Waals surface area contributed by atoms with E-state index in [0.29, 0.717) is 102 Å². The third-order valence-electron chi connectivity index (χ3n) is 16.3. The number of anilines is 1. The fraction of sp³-hybridized carbons (Fsp3) is 0.486.